The molecule has 0 saturated carbocycles. The normalized spacial score (nSPS) is 12.4. The highest BCUT2D eigenvalue weighted by Gasteiger charge is 2.22. The summed E-state index contributed by atoms with van der Waals surface area (Å²) in [7, 11) is 1.71. The fraction of sp³-hybridized carbons (Fsp3) is 0.211. The topological polar surface area (TPSA) is 81.0 Å². The lowest BCUT2D eigenvalue weighted by Gasteiger charge is -2.23. The highest BCUT2D eigenvalue weighted by atomic mass is 32.1. The van der Waals surface area contributed by atoms with Crippen LogP contribution in [0.2, 0.25) is 0 Å². The third-order valence-electron chi connectivity index (χ3n) is 4.56. The summed E-state index contributed by atoms with van der Waals surface area (Å²) in [6, 6.07) is 14.6. The number of hydrogen-bond donors (Lipinski definition) is 0. The average molecular weight is 379 g/mol. The van der Waals surface area contributed by atoms with Gasteiger partial charge in [0.05, 0.1) is 21.6 Å². The van der Waals surface area contributed by atoms with Gasteiger partial charge in [-0.05, 0) is 31.2 Å². The van der Waals surface area contributed by atoms with E-state index in [1.165, 1.54) is 0 Å². The minimum absolute atomic E-state index is 0.164. The predicted molar refractivity (Wildman–Crippen MR) is 105 cm³/mol. The van der Waals surface area contributed by atoms with Crippen LogP contribution in [0, 0.1) is 0 Å². The van der Waals surface area contributed by atoms with Gasteiger partial charge >= 0.3 is 0 Å². The number of para-hydroxylation sites is 1. The molecule has 27 heavy (non-hydrogen) atoms. The molecule has 0 radical (unpaired) electrons. The Kier molecular flexibility index (Phi) is 4.41. The van der Waals surface area contributed by atoms with Crippen molar-refractivity contribution in [3.05, 3.63) is 63.9 Å². The Morgan fingerprint density at radius 2 is 1.85 bits per heavy atom. The second kappa shape index (κ2) is 6.88. The van der Waals surface area contributed by atoms with Gasteiger partial charge in [-0.3, -0.25) is 9.59 Å². The third kappa shape index (κ3) is 3.19. The van der Waals surface area contributed by atoms with Crippen LogP contribution < -0.4 is 5.56 Å². The molecule has 4 aromatic rings. The molecule has 0 unspecified atom stereocenters. The zero-order chi connectivity index (χ0) is 19.0. The van der Waals surface area contributed by atoms with E-state index in [1.807, 2.05) is 31.2 Å². The minimum Gasteiger partial charge on any atom is -0.335 e. The molecule has 0 aliphatic heterocycles. The van der Waals surface area contributed by atoms with Crippen LogP contribution in [-0.2, 0) is 11.3 Å². The largest absolute Gasteiger partial charge is 0.335 e. The van der Waals surface area contributed by atoms with Crippen molar-refractivity contribution in [1.29, 1.82) is 0 Å². The van der Waals surface area contributed by atoms with E-state index in [4.69, 9.17) is 0 Å². The van der Waals surface area contributed by atoms with Gasteiger partial charge in [0.15, 0.2) is 0 Å². The van der Waals surface area contributed by atoms with E-state index in [9.17, 15) is 9.59 Å². The van der Waals surface area contributed by atoms with Gasteiger partial charge in [-0.25, -0.2) is 9.67 Å². The number of fused-ring (bicyclic) bond motifs is 2. The Morgan fingerprint density at radius 1 is 1.15 bits per heavy atom. The van der Waals surface area contributed by atoms with Crippen molar-refractivity contribution in [1.82, 2.24) is 24.9 Å². The van der Waals surface area contributed by atoms with Gasteiger partial charge in [-0.1, -0.05) is 29.5 Å². The van der Waals surface area contributed by atoms with Crippen molar-refractivity contribution in [2.24, 2.45) is 0 Å². The average Bonchev–Trinajstić information content (AvgIpc) is 3.13. The lowest BCUT2D eigenvalue weighted by atomic mass is 10.2. The fourth-order valence-electron chi connectivity index (χ4n) is 2.82. The number of thiazole rings is 1. The first-order chi connectivity index (χ1) is 13.0. The van der Waals surface area contributed by atoms with Crippen LogP contribution in [0.1, 0.15) is 18.0 Å². The molecule has 0 fully saturated rings. The maximum atomic E-state index is 12.7. The lowest BCUT2D eigenvalue weighted by molar-refractivity contribution is -0.132. The van der Waals surface area contributed by atoms with E-state index in [2.05, 4.69) is 15.3 Å². The van der Waals surface area contributed by atoms with E-state index in [0.717, 1.165) is 19.9 Å². The van der Waals surface area contributed by atoms with Gasteiger partial charge in [0.1, 0.15) is 17.1 Å². The maximum Gasteiger partial charge on any atom is 0.278 e. The number of likely N-dealkylation sites (N-methyl/N-ethyl adjacent to an activating group) is 1. The van der Waals surface area contributed by atoms with Crippen LogP contribution in [0.4, 0.5) is 0 Å². The first-order valence-electron chi connectivity index (χ1n) is 8.48. The van der Waals surface area contributed by atoms with Gasteiger partial charge in [0.2, 0.25) is 5.91 Å². The molecular formula is C19H17N5O2S. The number of amides is 1. The van der Waals surface area contributed by atoms with Gasteiger partial charge in [-0.15, -0.1) is 16.4 Å². The number of nitrogens with zero attached hydrogens (tertiary/aromatic N) is 5. The second-order valence-corrected chi connectivity index (χ2v) is 7.33. The highest BCUT2D eigenvalue weighted by Crippen LogP contribution is 2.28. The van der Waals surface area contributed by atoms with Crippen LogP contribution in [-0.4, -0.2) is 37.8 Å². The molecule has 0 bridgehead atoms. The van der Waals surface area contributed by atoms with E-state index in [1.54, 1.807) is 47.5 Å². The number of carbonyl (C=O) groups is 1. The monoisotopic (exact) mass is 379 g/mol. The van der Waals surface area contributed by atoms with Crippen molar-refractivity contribution in [3.63, 3.8) is 0 Å². The molecule has 4 rings (SSSR count). The van der Waals surface area contributed by atoms with Crippen LogP contribution in [0.15, 0.2) is 53.3 Å². The Hall–Kier alpha value is -3.13. The molecule has 2 heterocycles. The van der Waals surface area contributed by atoms with Crippen molar-refractivity contribution >= 4 is 38.4 Å². The lowest BCUT2D eigenvalue weighted by Crippen LogP contribution is -2.36. The zero-order valence-corrected chi connectivity index (χ0v) is 15.7. The van der Waals surface area contributed by atoms with E-state index in [0.29, 0.717) is 10.9 Å². The van der Waals surface area contributed by atoms with Gasteiger partial charge < -0.3 is 4.90 Å². The van der Waals surface area contributed by atoms with Crippen molar-refractivity contribution in [2.75, 3.05) is 7.05 Å². The summed E-state index contributed by atoms with van der Waals surface area (Å²) in [6.07, 6.45) is 0. The standard InChI is InChI=1S/C19H17N5O2S/c1-12(18-20-15-9-5-6-10-16(15)27-18)23(2)17(25)11-24-19(26)13-7-3-4-8-14(13)21-22-24/h3-10,12H,11H2,1-2H3/t12-/m0/s1. The molecule has 7 nitrogen and oxygen atoms in total. The Balaban J connectivity index is 1.57. The maximum absolute atomic E-state index is 12.7. The number of aromatic nitrogens is 4. The molecule has 1 amide bonds. The smallest absolute Gasteiger partial charge is 0.278 e. The molecule has 0 saturated heterocycles. The molecule has 0 aliphatic carbocycles. The molecule has 1 atom stereocenters. The fourth-order valence-corrected chi connectivity index (χ4v) is 3.88. The molecule has 8 heteroatoms. The third-order valence-corrected chi connectivity index (χ3v) is 5.76. The highest BCUT2D eigenvalue weighted by molar-refractivity contribution is 7.18. The van der Waals surface area contributed by atoms with E-state index >= 15 is 0 Å². The molecule has 136 valence electrons. The zero-order valence-electron chi connectivity index (χ0n) is 14.9. The van der Waals surface area contributed by atoms with Crippen LogP contribution in [0.5, 0.6) is 0 Å². The van der Waals surface area contributed by atoms with Crippen LogP contribution >= 0.6 is 11.3 Å². The summed E-state index contributed by atoms with van der Waals surface area (Å²) in [5.74, 6) is -0.228. The number of carbonyl (C=O) groups excluding carboxylic acids is 1. The first-order valence-corrected chi connectivity index (χ1v) is 9.30. The first kappa shape index (κ1) is 17.3. The number of benzene rings is 2. The summed E-state index contributed by atoms with van der Waals surface area (Å²) in [5, 5.41) is 9.20. The SMILES string of the molecule is C[C@@H](c1nc2ccccc2s1)N(C)C(=O)Cn1nnc2ccccc2c1=O. The summed E-state index contributed by atoms with van der Waals surface area (Å²) in [5.41, 5.74) is 1.11. The summed E-state index contributed by atoms with van der Waals surface area (Å²) >= 11 is 1.56. The Labute approximate surface area is 158 Å². The quantitative estimate of drug-likeness (QED) is 0.544. The molecule has 2 aromatic carbocycles. The van der Waals surface area contributed by atoms with Gasteiger partial charge in [0.25, 0.3) is 5.56 Å². The molecule has 0 spiro atoms. The molecule has 0 aliphatic rings. The van der Waals surface area contributed by atoms with E-state index < -0.39 is 0 Å². The van der Waals surface area contributed by atoms with Gasteiger partial charge in [-0.2, -0.15) is 0 Å². The van der Waals surface area contributed by atoms with Gasteiger partial charge in [0, 0.05) is 7.05 Å². The number of hydrogen-bond acceptors (Lipinski definition) is 6. The van der Waals surface area contributed by atoms with Crippen molar-refractivity contribution in [3.8, 4) is 0 Å². The van der Waals surface area contributed by atoms with Crippen molar-refractivity contribution in [2.45, 2.75) is 19.5 Å². The van der Waals surface area contributed by atoms with Crippen LogP contribution in [0.25, 0.3) is 21.1 Å². The number of rotatable bonds is 4. The Morgan fingerprint density at radius 3 is 2.63 bits per heavy atom. The minimum atomic E-state index is -0.324. The Bertz CT molecular complexity index is 1170. The van der Waals surface area contributed by atoms with Crippen LogP contribution in [0.3, 0.4) is 0 Å². The summed E-state index contributed by atoms with van der Waals surface area (Å²) in [6.45, 7) is 1.76. The molecular weight excluding hydrogens is 362 g/mol. The molecule has 0 N–H and O–H groups in total. The predicted octanol–water partition coefficient (Wildman–Crippen LogP) is 2.62. The second-order valence-electron chi connectivity index (χ2n) is 6.27. The summed E-state index contributed by atoms with van der Waals surface area (Å²) in [4.78, 5) is 31.4. The molecule has 2 aromatic heterocycles. The van der Waals surface area contributed by atoms with E-state index in [-0.39, 0.29) is 24.1 Å². The van der Waals surface area contributed by atoms with Crippen molar-refractivity contribution < 1.29 is 4.79 Å². The summed E-state index contributed by atoms with van der Waals surface area (Å²) < 4.78 is 2.18.